The second-order valence-electron chi connectivity index (χ2n) is 7.42. The number of fused-ring (bicyclic) bond motifs is 1. The molecule has 1 fully saturated rings. The number of aryl methyl sites for hydroxylation is 1. The first kappa shape index (κ1) is 18.8. The quantitative estimate of drug-likeness (QED) is 0.814. The van der Waals surface area contributed by atoms with Gasteiger partial charge in [-0.1, -0.05) is 6.92 Å². The lowest BCUT2D eigenvalue weighted by Gasteiger charge is -2.37. The molecule has 1 saturated heterocycles. The molecule has 2 aliphatic heterocycles. The smallest absolute Gasteiger partial charge is 0.254 e. The highest BCUT2D eigenvalue weighted by atomic mass is 19.1. The molecule has 4 rings (SSSR count). The van der Waals surface area contributed by atoms with Crippen molar-refractivity contribution < 1.29 is 9.18 Å². The molecule has 0 aliphatic carbocycles. The summed E-state index contributed by atoms with van der Waals surface area (Å²) >= 11 is 0. The maximum absolute atomic E-state index is 13.2. The van der Waals surface area contributed by atoms with Crippen LogP contribution in [-0.2, 0) is 13.0 Å². The maximum Gasteiger partial charge on any atom is 0.254 e. The monoisotopic (exact) mass is 383 g/mol. The van der Waals surface area contributed by atoms with Gasteiger partial charge in [-0.25, -0.2) is 14.4 Å². The maximum atomic E-state index is 13.2. The van der Waals surface area contributed by atoms with E-state index in [9.17, 15) is 9.18 Å². The van der Waals surface area contributed by atoms with Crippen LogP contribution in [0.15, 0.2) is 24.3 Å². The zero-order chi connectivity index (χ0) is 19.7. The summed E-state index contributed by atoms with van der Waals surface area (Å²) in [6.45, 7) is 10.2. The van der Waals surface area contributed by atoms with Crippen LogP contribution in [0.3, 0.4) is 0 Å². The largest absolute Gasteiger partial charge is 0.354 e. The first-order valence-corrected chi connectivity index (χ1v) is 9.93. The topological polar surface area (TPSA) is 52.6 Å². The lowest BCUT2D eigenvalue weighted by atomic mass is 10.0. The second-order valence-corrected chi connectivity index (χ2v) is 7.42. The van der Waals surface area contributed by atoms with E-state index in [0.717, 1.165) is 55.6 Å². The highest BCUT2D eigenvalue weighted by molar-refractivity contribution is 5.94. The summed E-state index contributed by atoms with van der Waals surface area (Å²) in [5, 5.41) is 0. The Morgan fingerprint density at radius 2 is 1.79 bits per heavy atom. The van der Waals surface area contributed by atoms with Gasteiger partial charge in [0.2, 0.25) is 0 Å². The van der Waals surface area contributed by atoms with E-state index in [-0.39, 0.29) is 11.7 Å². The van der Waals surface area contributed by atoms with E-state index < -0.39 is 0 Å². The number of benzene rings is 1. The summed E-state index contributed by atoms with van der Waals surface area (Å²) < 4.78 is 13.2. The number of anilines is 1. The number of carbonyl (C=O) groups is 1. The van der Waals surface area contributed by atoms with Gasteiger partial charge in [-0.2, -0.15) is 0 Å². The molecular weight excluding hydrogens is 357 g/mol. The van der Waals surface area contributed by atoms with Gasteiger partial charge in [0.25, 0.3) is 5.91 Å². The molecule has 0 radical (unpaired) electrons. The third-order valence-electron chi connectivity index (χ3n) is 5.65. The van der Waals surface area contributed by atoms with Gasteiger partial charge in [-0.3, -0.25) is 4.79 Å². The van der Waals surface area contributed by atoms with Crippen molar-refractivity contribution in [3.8, 4) is 0 Å². The van der Waals surface area contributed by atoms with Crippen LogP contribution in [0.25, 0.3) is 0 Å². The summed E-state index contributed by atoms with van der Waals surface area (Å²) in [6.07, 6.45) is 0.716. The van der Waals surface area contributed by atoms with Gasteiger partial charge in [0.1, 0.15) is 17.5 Å². The predicted octanol–water partition coefficient (Wildman–Crippen LogP) is 2.26. The van der Waals surface area contributed by atoms with Crippen molar-refractivity contribution in [2.45, 2.75) is 26.8 Å². The van der Waals surface area contributed by atoms with E-state index in [1.54, 1.807) is 12.1 Å². The van der Waals surface area contributed by atoms with Crippen LogP contribution >= 0.6 is 0 Å². The molecule has 0 unspecified atom stereocenters. The van der Waals surface area contributed by atoms with Gasteiger partial charge >= 0.3 is 0 Å². The third kappa shape index (κ3) is 3.71. The summed E-state index contributed by atoms with van der Waals surface area (Å²) in [6, 6.07) is 5.75. The van der Waals surface area contributed by atoms with Gasteiger partial charge in [-0.15, -0.1) is 0 Å². The number of piperazine rings is 1. The summed E-state index contributed by atoms with van der Waals surface area (Å²) in [5.41, 5.74) is 2.61. The van der Waals surface area contributed by atoms with Crippen molar-refractivity contribution in [1.29, 1.82) is 0 Å². The molecule has 0 bridgehead atoms. The van der Waals surface area contributed by atoms with E-state index in [2.05, 4.69) is 21.7 Å². The highest BCUT2D eigenvalue weighted by Crippen LogP contribution is 2.28. The van der Waals surface area contributed by atoms with Crippen molar-refractivity contribution in [2.75, 3.05) is 44.2 Å². The number of likely N-dealkylation sites (N-methyl/N-ethyl adjacent to an activating group) is 1. The van der Waals surface area contributed by atoms with E-state index >= 15 is 0 Å². The number of rotatable bonds is 3. The van der Waals surface area contributed by atoms with Crippen LogP contribution in [0.1, 0.15) is 34.4 Å². The first-order valence-electron chi connectivity index (χ1n) is 9.93. The molecule has 1 amide bonds. The second kappa shape index (κ2) is 7.83. The van der Waals surface area contributed by atoms with Crippen molar-refractivity contribution in [3.05, 3.63) is 52.7 Å². The van der Waals surface area contributed by atoms with Crippen LogP contribution < -0.4 is 4.90 Å². The zero-order valence-corrected chi connectivity index (χ0v) is 16.5. The van der Waals surface area contributed by atoms with Crippen molar-refractivity contribution in [1.82, 2.24) is 19.8 Å². The Balaban J connectivity index is 1.58. The van der Waals surface area contributed by atoms with Crippen LogP contribution in [0.5, 0.6) is 0 Å². The van der Waals surface area contributed by atoms with E-state index in [4.69, 9.17) is 4.98 Å². The Morgan fingerprint density at radius 1 is 1.07 bits per heavy atom. The fourth-order valence-electron chi connectivity index (χ4n) is 4.00. The van der Waals surface area contributed by atoms with Gasteiger partial charge in [0.15, 0.2) is 0 Å². The molecule has 148 valence electrons. The molecule has 28 heavy (non-hydrogen) atoms. The standard InChI is InChI=1S/C21H26FN5O/c1-3-25-10-12-26(13-11-25)20-18-14-27(9-8-19(18)23-15(2)24-20)21(28)16-4-6-17(22)7-5-16/h4-7H,3,8-14H2,1-2H3. The SMILES string of the molecule is CCN1CCN(c2nc(C)nc3c2CN(C(=O)c2ccc(F)cc2)CC3)CC1. The number of aromatic nitrogens is 2. The molecule has 7 heteroatoms. The molecule has 0 atom stereocenters. The van der Waals surface area contributed by atoms with E-state index in [1.807, 2.05) is 11.8 Å². The Hall–Kier alpha value is -2.54. The van der Waals surface area contributed by atoms with Gasteiger partial charge in [-0.05, 0) is 37.7 Å². The lowest BCUT2D eigenvalue weighted by Crippen LogP contribution is -2.47. The minimum Gasteiger partial charge on any atom is -0.354 e. The third-order valence-corrected chi connectivity index (χ3v) is 5.65. The number of hydrogen-bond donors (Lipinski definition) is 0. The normalized spacial score (nSPS) is 17.5. The zero-order valence-electron chi connectivity index (χ0n) is 16.5. The van der Waals surface area contributed by atoms with Crippen LogP contribution in [-0.4, -0.2) is 64.9 Å². The summed E-state index contributed by atoms with van der Waals surface area (Å²) in [7, 11) is 0. The number of halogens is 1. The van der Waals surface area contributed by atoms with Gasteiger partial charge in [0.05, 0.1) is 12.2 Å². The van der Waals surface area contributed by atoms with E-state index in [1.165, 1.54) is 12.1 Å². The minimum atomic E-state index is -0.335. The average Bonchev–Trinajstić information content (AvgIpc) is 2.73. The molecule has 2 aromatic rings. The molecule has 2 aliphatic rings. The van der Waals surface area contributed by atoms with Crippen LogP contribution in [0, 0.1) is 12.7 Å². The van der Waals surface area contributed by atoms with Gasteiger partial charge < -0.3 is 14.7 Å². The summed E-state index contributed by atoms with van der Waals surface area (Å²) in [4.78, 5) is 28.9. The Labute approximate surface area is 165 Å². The van der Waals surface area contributed by atoms with E-state index in [0.29, 0.717) is 25.1 Å². The molecule has 1 aromatic carbocycles. The number of amides is 1. The fraction of sp³-hybridized carbons (Fsp3) is 0.476. The lowest BCUT2D eigenvalue weighted by molar-refractivity contribution is 0.0733. The van der Waals surface area contributed by atoms with Crippen molar-refractivity contribution >= 4 is 11.7 Å². The molecule has 1 aromatic heterocycles. The highest BCUT2D eigenvalue weighted by Gasteiger charge is 2.28. The Morgan fingerprint density at radius 3 is 2.46 bits per heavy atom. The molecular formula is C21H26FN5O. The Kier molecular flexibility index (Phi) is 5.26. The van der Waals surface area contributed by atoms with Gasteiger partial charge in [0, 0.05) is 50.3 Å². The summed E-state index contributed by atoms with van der Waals surface area (Å²) in [5.74, 6) is 1.34. The fourth-order valence-corrected chi connectivity index (χ4v) is 4.00. The molecule has 6 nitrogen and oxygen atoms in total. The number of hydrogen-bond acceptors (Lipinski definition) is 5. The van der Waals surface area contributed by atoms with Crippen LogP contribution in [0.4, 0.5) is 10.2 Å². The molecule has 0 N–H and O–H groups in total. The Bertz CT molecular complexity index is 862. The van der Waals surface area contributed by atoms with Crippen LogP contribution in [0.2, 0.25) is 0 Å². The van der Waals surface area contributed by atoms with Crippen molar-refractivity contribution in [2.24, 2.45) is 0 Å². The minimum absolute atomic E-state index is 0.0759. The number of carbonyl (C=O) groups excluding carboxylic acids is 1. The molecule has 3 heterocycles. The predicted molar refractivity (Wildman–Crippen MR) is 106 cm³/mol. The molecule has 0 saturated carbocycles. The molecule has 0 spiro atoms. The van der Waals surface area contributed by atoms with Crippen molar-refractivity contribution in [3.63, 3.8) is 0 Å². The number of nitrogens with zero attached hydrogens (tertiary/aromatic N) is 5. The first-order chi connectivity index (χ1) is 13.5. The average molecular weight is 383 g/mol.